The van der Waals surface area contributed by atoms with Gasteiger partial charge < -0.3 is 0 Å². The molecule has 2 aromatic rings. The summed E-state index contributed by atoms with van der Waals surface area (Å²) in [7, 11) is 0. The summed E-state index contributed by atoms with van der Waals surface area (Å²) < 4.78 is 65.8. The van der Waals surface area contributed by atoms with Crippen LogP contribution in [-0.4, -0.2) is 6.18 Å². The first-order valence-electron chi connectivity index (χ1n) is 12.2. The molecule has 178 valence electrons. The molecule has 0 radical (unpaired) electrons. The Bertz CT molecular complexity index is 1030. The molecule has 2 aliphatic carbocycles. The molecule has 0 aromatic heterocycles. The van der Waals surface area contributed by atoms with Crippen molar-refractivity contribution in [1.82, 2.24) is 0 Å². The zero-order valence-electron chi connectivity index (χ0n) is 19.1. The maximum absolute atomic E-state index is 14.6. The van der Waals surface area contributed by atoms with Crippen molar-refractivity contribution in [1.29, 1.82) is 0 Å². The largest absolute Gasteiger partial charge is 0.458 e. The maximum Gasteiger partial charge on any atom is 0.458 e. The van der Waals surface area contributed by atoms with Crippen LogP contribution in [0.4, 0.5) is 22.0 Å². The maximum atomic E-state index is 14.6. The summed E-state index contributed by atoms with van der Waals surface area (Å²) in [6.07, 6.45) is 7.79. The smallest absolute Gasteiger partial charge is 0.205 e. The molecule has 0 amide bonds. The highest BCUT2D eigenvalue weighted by atomic mass is 19.4. The average molecular weight is 463 g/mol. The van der Waals surface area contributed by atoms with Gasteiger partial charge in [-0.15, -0.1) is 0 Å². The number of rotatable bonds is 4. The van der Waals surface area contributed by atoms with E-state index in [2.05, 4.69) is 6.92 Å². The normalized spacial score (nSPS) is 26.1. The third kappa shape index (κ3) is 6.08. The van der Waals surface area contributed by atoms with Crippen molar-refractivity contribution in [3.63, 3.8) is 0 Å². The van der Waals surface area contributed by atoms with Crippen LogP contribution in [0.1, 0.15) is 75.8 Å². The lowest BCUT2D eigenvalue weighted by Crippen LogP contribution is -2.25. The minimum atomic E-state index is -4.80. The third-order valence-corrected chi connectivity index (χ3v) is 7.88. The second kappa shape index (κ2) is 10.0. The van der Waals surface area contributed by atoms with Crippen LogP contribution in [0, 0.1) is 47.1 Å². The molecule has 0 aliphatic heterocycles. The van der Waals surface area contributed by atoms with Crippen LogP contribution < -0.4 is 0 Å². The average Bonchev–Trinajstić information content (AvgIpc) is 2.77. The van der Waals surface area contributed by atoms with E-state index < -0.39 is 23.4 Å². The van der Waals surface area contributed by atoms with E-state index in [1.54, 1.807) is 18.1 Å². The van der Waals surface area contributed by atoms with Gasteiger partial charge in [0.2, 0.25) is 0 Å². The summed E-state index contributed by atoms with van der Waals surface area (Å²) in [6.45, 7) is 2.36. The van der Waals surface area contributed by atoms with E-state index in [-0.39, 0.29) is 5.39 Å². The summed E-state index contributed by atoms with van der Waals surface area (Å²) in [5.41, 5.74) is 0.163. The molecule has 2 aromatic carbocycles. The molecular formula is C28H31F5. The van der Waals surface area contributed by atoms with Crippen molar-refractivity contribution in [3.05, 3.63) is 47.0 Å². The Morgan fingerprint density at radius 3 is 2.15 bits per heavy atom. The van der Waals surface area contributed by atoms with Crippen LogP contribution in [0.5, 0.6) is 0 Å². The molecule has 33 heavy (non-hydrogen) atoms. The van der Waals surface area contributed by atoms with Crippen LogP contribution in [0.15, 0.2) is 24.3 Å². The molecule has 5 heteroatoms. The molecule has 0 atom stereocenters. The fourth-order valence-corrected chi connectivity index (χ4v) is 5.86. The van der Waals surface area contributed by atoms with Gasteiger partial charge in [0.15, 0.2) is 0 Å². The molecule has 0 unspecified atom stereocenters. The predicted octanol–water partition coefficient (Wildman–Crippen LogP) is 8.60. The summed E-state index contributed by atoms with van der Waals surface area (Å²) in [5.74, 6) is 3.82. The number of aryl methyl sites for hydroxylation is 1. The molecular weight excluding hydrogens is 431 g/mol. The van der Waals surface area contributed by atoms with Crippen molar-refractivity contribution in [2.24, 2.45) is 23.7 Å². The number of benzene rings is 2. The van der Waals surface area contributed by atoms with Gasteiger partial charge in [-0.3, -0.25) is 0 Å². The van der Waals surface area contributed by atoms with Gasteiger partial charge in [-0.25, -0.2) is 8.78 Å². The molecule has 0 nitrogen and oxygen atoms in total. The quantitative estimate of drug-likeness (QED) is 0.315. The van der Waals surface area contributed by atoms with E-state index in [4.69, 9.17) is 0 Å². The summed E-state index contributed by atoms with van der Waals surface area (Å²) in [4.78, 5) is 0. The molecule has 2 fully saturated rings. The monoisotopic (exact) mass is 462 g/mol. The third-order valence-electron chi connectivity index (χ3n) is 7.88. The number of hydrogen-bond donors (Lipinski definition) is 0. The van der Waals surface area contributed by atoms with Gasteiger partial charge >= 0.3 is 6.18 Å². The first kappa shape index (κ1) is 24.0. The van der Waals surface area contributed by atoms with Crippen LogP contribution in [0.25, 0.3) is 10.8 Å². The standard InChI is InChI=1S/C28H31F5/c1-18-2-9-21(10-3-18)22-11-6-19(7-12-22)4-5-20-8-13-24-23(16-20)17-26(29)25(27(24)30)14-15-28(31,32)33/h8,13,16-19,21-22H,2-7,9-12H2,1H3. The summed E-state index contributed by atoms with van der Waals surface area (Å²) in [6, 6.07) is 6.15. The molecule has 0 saturated heterocycles. The zero-order valence-corrected chi connectivity index (χ0v) is 19.1. The molecule has 4 rings (SSSR count). The Morgan fingerprint density at radius 2 is 1.52 bits per heavy atom. The van der Waals surface area contributed by atoms with E-state index in [1.807, 2.05) is 0 Å². The van der Waals surface area contributed by atoms with E-state index in [9.17, 15) is 22.0 Å². The fourth-order valence-electron chi connectivity index (χ4n) is 5.86. The second-order valence-electron chi connectivity index (χ2n) is 10.2. The lowest BCUT2D eigenvalue weighted by Gasteiger charge is -2.37. The number of halogens is 5. The van der Waals surface area contributed by atoms with Gasteiger partial charge in [0, 0.05) is 11.3 Å². The number of fused-ring (bicyclic) bond motifs is 1. The molecule has 0 spiro atoms. The van der Waals surface area contributed by atoms with Crippen LogP contribution in [0.2, 0.25) is 0 Å². The van der Waals surface area contributed by atoms with E-state index in [1.165, 1.54) is 57.4 Å². The molecule has 0 bridgehead atoms. The Labute approximate surface area is 192 Å². The fraction of sp³-hybridized carbons (Fsp3) is 0.571. The van der Waals surface area contributed by atoms with Gasteiger partial charge in [-0.2, -0.15) is 13.2 Å². The highest BCUT2D eigenvalue weighted by molar-refractivity contribution is 5.85. The zero-order chi connectivity index (χ0) is 23.6. The van der Waals surface area contributed by atoms with Crippen LogP contribution >= 0.6 is 0 Å². The Kier molecular flexibility index (Phi) is 7.31. The first-order valence-corrected chi connectivity index (χ1v) is 12.2. The van der Waals surface area contributed by atoms with Crippen molar-refractivity contribution in [3.8, 4) is 11.8 Å². The van der Waals surface area contributed by atoms with Crippen LogP contribution in [-0.2, 0) is 6.42 Å². The van der Waals surface area contributed by atoms with E-state index in [0.717, 1.165) is 48.1 Å². The lowest BCUT2D eigenvalue weighted by molar-refractivity contribution is -0.0696. The van der Waals surface area contributed by atoms with Crippen molar-refractivity contribution in [2.75, 3.05) is 0 Å². The summed E-state index contributed by atoms with van der Waals surface area (Å²) in [5, 5.41) is 0.448. The molecule has 2 saturated carbocycles. The SMILES string of the molecule is CC1CCC(C2CCC(CCc3ccc4c(F)c(C#CC(F)(F)F)c(F)cc4c3)CC2)CC1. The molecule has 2 aliphatic rings. The summed E-state index contributed by atoms with van der Waals surface area (Å²) >= 11 is 0. The second-order valence-corrected chi connectivity index (χ2v) is 10.2. The van der Waals surface area contributed by atoms with Crippen molar-refractivity contribution < 1.29 is 22.0 Å². The molecule has 0 N–H and O–H groups in total. The number of hydrogen-bond acceptors (Lipinski definition) is 0. The molecule has 0 heterocycles. The Balaban J connectivity index is 1.36. The van der Waals surface area contributed by atoms with Gasteiger partial charge in [0.1, 0.15) is 11.6 Å². The highest BCUT2D eigenvalue weighted by Gasteiger charge is 2.30. The Hall–Kier alpha value is -2.09. The van der Waals surface area contributed by atoms with Crippen LogP contribution in [0.3, 0.4) is 0 Å². The van der Waals surface area contributed by atoms with Gasteiger partial charge in [-0.05, 0) is 79.2 Å². The van der Waals surface area contributed by atoms with Gasteiger partial charge in [-0.1, -0.05) is 56.7 Å². The first-order chi connectivity index (χ1) is 15.7. The predicted molar refractivity (Wildman–Crippen MR) is 122 cm³/mol. The van der Waals surface area contributed by atoms with Crippen molar-refractivity contribution in [2.45, 2.75) is 77.3 Å². The minimum Gasteiger partial charge on any atom is -0.205 e. The number of alkyl halides is 3. The lowest BCUT2D eigenvalue weighted by atomic mass is 9.69. The van der Waals surface area contributed by atoms with Crippen molar-refractivity contribution >= 4 is 10.8 Å². The minimum absolute atomic E-state index is 0.0916. The highest BCUT2D eigenvalue weighted by Crippen LogP contribution is 2.42. The topological polar surface area (TPSA) is 0 Å². The van der Waals surface area contributed by atoms with E-state index >= 15 is 0 Å². The van der Waals surface area contributed by atoms with Gasteiger partial charge in [0.05, 0.1) is 5.56 Å². The Morgan fingerprint density at radius 1 is 0.879 bits per heavy atom. The van der Waals surface area contributed by atoms with Gasteiger partial charge in [0.25, 0.3) is 0 Å². The van der Waals surface area contributed by atoms with E-state index in [0.29, 0.717) is 11.3 Å².